The minimum atomic E-state index is -0.734. The molecule has 0 aliphatic heterocycles. The fourth-order valence-corrected chi connectivity index (χ4v) is 2.02. The Bertz CT molecular complexity index is 157. The molecule has 3 heteroatoms. The largest absolute Gasteiger partial charge is 0.389 e. The van der Waals surface area contributed by atoms with Crippen LogP contribution in [0.25, 0.3) is 0 Å². The molecular formula is C11H26N2O. The van der Waals surface area contributed by atoms with Crippen molar-refractivity contribution in [2.45, 2.75) is 58.7 Å². The third-order valence-electron chi connectivity index (χ3n) is 2.77. The van der Waals surface area contributed by atoms with Crippen molar-refractivity contribution in [3.8, 4) is 0 Å². The fraction of sp³-hybridized carbons (Fsp3) is 1.00. The van der Waals surface area contributed by atoms with E-state index in [0.717, 1.165) is 13.0 Å². The summed E-state index contributed by atoms with van der Waals surface area (Å²) < 4.78 is 0. The maximum atomic E-state index is 9.87. The first-order chi connectivity index (χ1) is 6.34. The van der Waals surface area contributed by atoms with Gasteiger partial charge in [0.15, 0.2) is 0 Å². The molecule has 86 valence electrons. The van der Waals surface area contributed by atoms with Gasteiger partial charge in [0.25, 0.3) is 0 Å². The predicted octanol–water partition coefficient (Wildman–Crippen LogP) is 1.20. The highest BCUT2D eigenvalue weighted by Gasteiger charge is 2.25. The highest BCUT2D eigenvalue weighted by molar-refractivity contribution is 4.81. The van der Waals surface area contributed by atoms with Crippen LogP contribution in [0.15, 0.2) is 0 Å². The van der Waals surface area contributed by atoms with Gasteiger partial charge in [-0.1, -0.05) is 6.92 Å². The second-order valence-corrected chi connectivity index (χ2v) is 4.68. The van der Waals surface area contributed by atoms with Crippen LogP contribution in [0.2, 0.25) is 0 Å². The van der Waals surface area contributed by atoms with E-state index in [1.165, 1.54) is 0 Å². The number of hydrogen-bond acceptors (Lipinski definition) is 3. The minimum absolute atomic E-state index is 0.326. The first kappa shape index (κ1) is 13.9. The second-order valence-electron chi connectivity index (χ2n) is 4.68. The zero-order valence-electron chi connectivity index (χ0n) is 10.2. The van der Waals surface area contributed by atoms with Gasteiger partial charge in [-0.05, 0) is 40.7 Å². The summed E-state index contributed by atoms with van der Waals surface area (Å²) in [5.74, 6) is 0. The number of nitrogens with zero attached hydrogens (tertiary/aromatic N) is 1. The molecule has 3 N–H and O–H groups in total. The summed E-state index contributed by atoms with van der Waals surface area (Å²) in [6.45, 7) is 11.8. The van der Waals surface area contributed by atoms with Crippen molar-refractivity contribution in [2.75, 3.05) is 13.1 Å². The topological polar surface area (TPSA) is 49.5 Å². The molecule has 2 atom stereocenters. The lowest BCUT2D eigenvalue weighted by Gasteiger charge is -2.35. The van der Waals surface area contributed by atoms with Crippen LogP contribution in [0.4, 0.5) is 0 Å². The summed E-state index contributed by atoms with van der Waals surface area (Å²) in [7, 11) is 0. The molecular weight excluding hydrogens is 176 g/mol. The van der Waals surface area contributed by atoms with Crippen LogP contribution in [0.5, 0.6) is 0 Å². The lowest BCUT2D eigenvalue weighted by atomic mass is 9.96. The molecule has 0 fully saturated rings. The van der Waals surface area contributed by atoms with Gasteiger partial charge in [0.2, 0.25) is 0 Å². The summed E-state index contributed by atoms with van der Waals surface area (Å²) in [5.41, 5.74) is 4.77. The summed E-state index contributed by atoms with van der Waals surface area (Å²) in [5, 5.41) is 9.87. The summed E-state index contributed by atoms with van der Waals surface area (Å²) in [4.78, 5) is 2.37. The monoisotopic (exact) mass is 202 g/mol. The van der Waals surface area contributed by atoms with Gasteiger partial charge in [-0.2, -0.15) is 0 Å². The van der Waals surface area contributed by atoms with Crippen molar-refractivity contribution in [1.29, 1.82) is 0 Å². The third kappa shape index (κ3) is 4.40. The van der Waals surface area contributed by atoms with Crippen molar-refractivity contribution in [3.63, 3.8) is 0 Å². The molecule has 0 heterocycles. The van der Waals surface area contributed by atoms with E-state index >= 15 is 0 Å². The Labute approximate surface area is 88.3 Å². The molecule has 0 aromatic carbocycles. The second kappa shape index (κ2) is 5.69. The number of nitrogens with two attached hydrogens (primary N) is 1. The first-order valence-corrected chi connectivity index (χ1v) is 5.52. The molecule has 0 aromatic heterocycles. The number of rotatable bonds is 6. The Morgan fingerprint density at radius 2 is 1.86 bits per heavy atom. The zero-order valence-corrected chi connectivity index (χ0v) is 10.2. The normalized spacial score (nSPS) is 18.6. The van der Waals surface area contributed by atoms with Crippen molar-refractivity contribution in [3.05, 3.63) is 0 Å². The minimum Gasteiger partial charge on any atom is -0.389 e. The molecule has 14 heavy (non-hydrogen) atoms. The standard InChI is InChI=1S/C11H26N2O/c1-6-13(9(2)3)10(4)7-11(5,14)8-12/h9-10,14H,6-8,12H2,1-5H3. The summed E-state index contributed by atoms with van der Waals surface area (Å²) in [6.07, 6.45) is 0.732. The van der Waals surface area contributed by atoms with Gasteiger partial charge in [0.05, 0.1) is 5.60 Å². The summed E-state index contributed by atoms with van der Waals surface area (Å²) >= 11 is 0. The van der Waals surface area contributed by atoms with E-state index in [-0.39, 0.29) is 0 Å². The first-order valence-electron chi connectivity index (χ1n) is 5.52. The fourth-order valence-electron chi connectivity index (χ4n) is 2.02. The van der Waals surface area contributed by atoms with Crippen molar-refractivity contribution < 1.29 is 5.11 Å². The van der Waals surface area contributed by atoms with E-state index in [1.807, 2.05) is 0 Å². The zero-order chi connectivity index (χ0) is 11.4. The van der Waals surface area contributed by atoms with E-state index < -0.39 is 5.60 Å². The molecule has 0 amide bonds. The van der Waals surface area contributed by atoms with Crippen LogP contribution >= 0.6 is 0 Å². The van der Waals surface area contributed by atoms with Gasteiger partial charge in [0, 0.05) is 18.6 Å². The van der Waals surface area contributed by atoms with E-state index in [2.05, 4.69) is 32.6 Å². The highest BCUT2D eigenvalue weighted by Crippen LogP contribution is 2.16. The molecule has 0 aliphatic rings. The molecule has 0 aliphatic carbocycles. The van der Waals surface area contributed by atoms with Crippen LogP contribution in [0.1, 0.15) is 41.0 Å². The van der Waals surface area contributed by atoms with Crippen molar-refractivity contribution in [2.24, 2.45) is 5.73 Å². The predicted molar refractivity (Wildman–Crippen MR) is 61.3 cm³/mol. The third-order valence-corrected chi connectivity index (χ3v) is 2.77. The van der Waals surface area contributed by atoms with E-state index in [1.54, 1.807) is 6.92 Å². The van der Waals surface area contributed by atoms with E-state index in [9.17, 15) is 5.11 Å². The van der Waals surface area contributed by atoms with Crippen LogP contribution in [-0.2, 0) is 0 Å². The molecule has 0 saturated heterocycles. The Morgan fingerprint density at radius 3 is 2.14 bits per heavy atom. The molecule has 0 bridgehead atoms. The van der Waals surface area contributed by atoms with Crippen LogP contribution in [-0.4, -0.2) is 40.8 Å². The molecule has 0 aromatic rings. The van der Waals surface area contributed by atoms with Crippen LogP contribution in [0.3, 0.4) is 0 Å². The van der Waals surface area contributed by atoms with Crippen LogP contribution < -0.4 is 5.73 Å². The van der Waals surface area contributed by atoms with Gasteiger partial charge in [-0.3, -0.25) is 4.90 Å². The van der Waals surface area contributed by atoms with E-state index in [0.29, 0.717) is 18.6 Å². The molecule has 2 unspecified atom stereocenters. The average Bonchev–Trinajstić information content (AvgIpc) is 2.03. The quantitative estimate of drug-likeness (QED) is 0.680. The Kier molecular flexibility index (Phi) is 5.64. The molecule has 0 saturated carbocycles. The van der Waals surface area contributed by atoms with Gasteiger partial charge in [0.1, 0.15) is 0 Å². The summed E-state index contributed by atoms with van der Waals surface area (Å²) in [6, 6.07) is 0.891. The average molecular weight is 202 g/mol. The number of aliphatic hydroxyl groups is 1. The Hall–Kier alpha value is -0.120. The van der Waals surface area contributed by atoms with Crippen molar-refractivity contribution in [1.82, 2.24) is 4.90 Å². The Morgan fingerprint density at radius 1 is 1.36 bits per heavy atom. The maximum absolute atomic E-state index is 9.87. The van der Waals surface area contributed by atoms with Gasteiger partial charge >= 0.3 is 0 Å². The maximum Gasteiger partial charge on any atom is 0.0756 e. The van der Waals surface area contributed by atoms with Crippen LogP contribution in [0, 0.1) is 0 Å². The lowest BCUT2D eigenvalue weighted by molar-refractivity contribution is 0.0233. The van der Waals surface area contributed by atoms with Gasteiger partial charge < -0.3 is 10.8 Å². The van der Waals surface area contributed by atoms with E-state index in [4.69, 9.17) is 5.73 Å². The molecule has 0 spiro atoms. The lowest BCUT2D eigenvalue weighted by Crippen LogP contribution is -2.45. The molecule has 0 radical (unpaired) electrons. The number of hydrogen-bond donors (Lipinski definition) is 2. The van der Waals surface area contributed by atoms with Gasteiger partial charge in [-0.15, -0.1) is 0 Å². The smallest absolute Gasteiger partial charge is 0.0756 e. The van der Waals surface area contributed by atoms with Gasteiger partial charge in [-0.25, -0.2) is 0 Å². The Balaban J connectivity index is 4.23. The highest BCUT2D eigenvalue weighted by atomic mass is 16.3. The van der Waals surface area contributed by atoms with Crippen molar-refractivity contribution >= 4 is 0 Å². The molecule has 3 nitrogen and oxygen atoms in total. The molecule has 0 rings (SSSR count). The SMILES string of the molecule is CCN(C(C)C)C(C)CC(C)(O)CN.